The van der Waals surface area contributed by atoms with Gasteiger partial charge in [0.25, 0.3) is 5.91 Å². The molecule has 5 N–H and O–H groups in total. The summed E-state index contributed by atoms with van der Waals surface area (Å²) >= 11 is 1.34. The van der Waals surface area contributed by atoms with Gasteiger partial charge in [-0.15, -0.1) is 11.8 Å². The van der Waals surface area contributed by atoms with Crippen molar-refractivity contribution in [3.63, 3.8) is 0 Å². The number of thioether (sulfide) groups is 1. The number of nitrogens with one attached hydrogen (secondary N) is 2. The van der Waals surface area contributed by atoms with Crippen LogP contribution in [0.15, 0.2) is 36.4 Å². The number of hydrogen-bond acceptors (Lipinski definition) is 6. The van der Waals surface area contributed by atoms with Gasteiger partial charge >= 0.3 is 0 Å². The second-order valence-electron chi connectivity index (χ2n) is 9.43. The molecule has 0 radical (unpaired) electrons. The van der Waals surface area contributed by atoms with E-state index < -0.39 is 28.9 Å². The first-order valence-corrected chi connectivity index (χ1v) is 13.2. The van der Waals surface area contributed by atoms with E-state index >= 15 is 0 Å². The number of rotatable bonds is 11. The summed E-state index contributed by atoms with van der Waals surface area (Å²) in [6.45, 7) is 4.72. The Labute approximate surface area is 219 Å². The highest BCUT2D eigenvalue weighted by Crippen LogP contribution is 2.25. The summed E-state index contributed by atoms with van der Waals surface area (Å²) in [4.78, 5) is 27.1. The molecule has 2 amide bonds. The van der Waals surface area contributed by atoms with Crippen LogP contribution in [0.4, 0.5) is 18.9 Å². The number of halogens is 3. The van der Waals surface area contributed by atoms with Gasteiger partial charge in [0.05, 0.1) is 12.6 Å². The van der Waals surface area contributed by atoms with E-state index in [0.717, 1.165) is 17.3 Å². The van der Waals surface area contributed by atoms with Crippen LogP contribution in [0.25, 0.3) is 0 Å². The van der Waals surface area contributed by atoms with Crippen LogP contribution in [0.2, 0.25) is 0 Å². The number of benzene rings is 2. The van der Waals surface area contributed by atoms with Crippen LogP contribution in [-0.2, 0) is 22.6 Å². The zero-order chi connectivity index (χ0) is 27.1. The van der Waals surface area contributed by atoms with E-state index in [9.17, 15) is 27.9 Å². The van der Waals surface area contributed by atoms with Gasteiger partial charge in [-0.3, -0.25) is 9.59 Å². The molecule has 1 fully saturated rings. The molecule has 0 aromatic heterocycles. The second-order valence-corrected chi connectivity index (χ2v) is 10.6. The van der Waals surface area contributed by atoms with Crippen molar-refractivity contribution in [2.75, 3.05) is 24.2 Å². The molecule has 3 rings (SSSR count). The minimum atomic E-state index is -1.29. The van der Waals surface area contributed by atoms with Gasteiger partial charge in [-0.1, -0.05) is 26.0 Å². The van der Waals surface area contributed by atoms with Crippen molar-refractivity contribution in [1.29, 1.82) is 0 Å². The van der Waals surface area contributed by atoms with E-state index in [4.69, 9.17) is 5.73 Å². The van der Waals surface area contributed by atoms with Crippen LogP contribution in [-0.4, -0.2) is 58.2 Å². The third-order valence-corrected chi connectivity index (χ3v) is 7.42. The molecule has 0 saturated carbocycles. The van der Waals surface area contributed by atoms with Gasteiger partial charge in [0.2, 0.25) is 5.91 Å². The Kier molecular flexibility index (Phi) is 10.2. The Balaban J connectivity index is 1.51. The van der Waals surface area contributed by atoms with Crippen LogP contribution in [0.5, 0.6) is 0 Å². The molecule has 37 heavy (non-hydrogen) atoms. The molecule has 0 bridgehead atoms. The molecular formula is C26H33F3N4O3S. The number of carbonyl (C=O) groups is 2. The van der Waals surface area contributed by atoms with Crippen molar-refractivity contribution >= 4 is 29.3 Å². The Morgan fingerprint density at radius 2 is 1.81 bits per heavy atom. The Morgan fingerprint density at radius 3 is 2.46 bits per heavy atom. The summed E-state index contributed by atoms with van der Waals surface area (Å²) in [6, 6.07) is 7.82. The molecule has 1 saturated heterocycles. The van der Waals surface area contributed by atoms with Gasteiger partial charge in [-0.25, -0.2) is 13.2 Å². The highest BCUT2D eigenvalue weighted by molar-refractivity contribution is 8.00. The van der Waals surface area contributed by atoms with Crippen LogP contribution in [0.3, 0.4) is 0 Å². The van der Waals surface area contributed by atoms with E-state index in [0.29, 0.717) is 18.4 Å². The number of amides is 2. The minimum absolute atomic E-state index is 0.0241. The summed E-state index contributed by atoms with van der Waals surface area (Å²) < 4.78 is 40.5. The van der Waals surface area contributed by atoms with Crippen molar-refractivity contribution < 1.29 is 27.9 Å². The van der Waals surface area contributed by atoms with Crippen molar-refractivity contribution in [2.24, 2.45) is 11.7 Å². The molecule has 0 spiro atoms. The summed E-state index contributed by atoms with van der Waals surface area (Å²) in [6.07, 6.45) is -0.309. The molecule has 0 aliphatic carbocycles. The highest BCUT2D eigenvalue weighted by atomic mass is 32.2. The topological polar surface area (TPSA) is 108 Å². The fourth-order valence-corrected chi connectivity index (χ4v) is 5.15. The normalized spacial score (nSPS) is 17.1. The molecule has 0 unspecified atom stereocenters. The monoisotopic (exact) mass is 538 g/mol. The highest BCUT2D eigenvalue weighted by Gasteiger charge is 2.35. The number of aliphatic hydroxyl groups is 1. The lowest BCUT2D eigenvalue weighted by Gasteiger charge is -2.24. The van der Waals surface area contributed by atoms with Gasteiger partial charge in [0.15, 0.2) is 17.0 Å². The molecule has 11 heteroatoms. The minimum Gasteiger partial charge on any atom is -0.394 e. The first kappa shape index (κ1) is 28.8. The van der Waals surface area contributed by atoms with E-state index in [1.807, 2.05) is 38.1 Å². The smallest absolute Gasteiger partial charge is 0.253 e. The lowest BCUT2D eigenvalue weighted by molar-refractivity contribution is -0.136. The molecule has 1 aliphatic rings. The molecule has 1 heterocycles. The van der Waals surface area contributed by atoms with Crippen LogP contribution in [0, 0.1) is 23.4 Å². The third kappa shape index (κ3) is 7.86. The fraction of sp³-hybridized carbons (Fsp3) is 0.462. The first-order valence-electron chi connectivity index (χ1n) is 12.1. The predicted molar refractivity (Wildman–Crippen MR) is 138 cm³/mol. The van der Waals surface area contributed by atoms with E-state index in [1.165, 1.54) is 16.7 Å². The summed E-state index contributed by atoms with van der Waals surface area (Å²) in [7, 11) is 0. The van der Waals surface area contributed by atoms with Crippen LogP contribution < -0.4 is 16.4 Å². The zero-order valence-corrected chi connectivity index (χ0v) is 21.7. The van der Waals surface area contributed by atoms with Crippen molar-refractivity contribution in [3.05, 3.63) is 65.0 Å². The maximum Gasteiger partial charge on any atom is 0.253 e. The van der Waals surface area contributed by atoms with Crippen LogP contribution in [0.1, 0.15) is 31.4 Å². The molecule has 7 nitrogen and oxygen atoms in total. The standard InChI is InChI=1S/C26H33F3N4O3S/c1-15(2)23(14-34)32-19-5-3-16(4-6-19)13-31-25(36)26-33(7-8-37-26)24(35)11-18(30)9-17-10-21(28)22(29)12-20(17)27/h3-6,10,12,15,18,23,26,32,34H,7-9,11,13-14,30H2,1-2H3,(H,31,36)/t18-,23+,26+/m1/s1. The number of aliphatic hydroxyl groups excluding tert-OH is 1. The molecule has 3 atom stereocenters. The van der Waals surface area contributed by atoms with Gasteiger partial charge in [0, 0.05) is 43.1 Å². The van der Waals surface area contributed by atoms with Gasteiger partial charge in [0.1, 0.15) is 5.82 Å². The molecular weight excluding hydrogens is 505 g/mol. The van der Waals surface area contributed by atoms with Gasteiger partial charge < -0.3 is 26.4 Å². The number of nitrogens with two attached hydrogens (primary N) is 1. The van der Waals surface area contributed by atoms with E-state index in [2.05, 4.69) is 10.6 Å². The second kappa shape index (κ2) is 13.2. The number of nitrogens with zero attached hydrogens (tertiary/aromatic N) is 1. The predicted octanol–water partition coefficient (Wildman–Crippen LogP) is 3.01. The Morgan fingerprint density at radius 1 is 1.14 bits per heavy atom. The average molecular weight is 539 g/mol. The number of hydrogen-bond donors (Lipinski definition) is 4. The Hall–Kier alpha value is -2.76. The third-order valence-electron chi connectivity index (χ3n) is 6.22. The zero-order valence-electron chi connectivity index (χ0n) is 20.8. The number of carbonyl (C=O) groups excluding carboxylic acids is 2. The fourth-order valence-electron chi connectivity index (χ4n) is 3.99. The summed E-state index contributed by atoms with van der Waals surface area (Å²) in [5.41, 5.74) is 7.63. The van der Waals surface area contributed by atoms with E-state index in [-0.39, 0.29) is 55.3 Å². The summed E-state index contributed by atoms with van der Waals surface area (Å²) in [5.74, 6) is -3.22. The quantitative estimate of drug-likeness (QED) is 0.328. The Bertz CT molecular complexity index is 1090. The van der Waals surface area contributed by atoms with E-state index in [1.54, 1.807) is 0 Å². The molecule has 202 valence electrons. The summed E-state index contributed by atoms with van der Waals surface area (Å²) in [5, 5.41) is 14.9. The molecule has 2 aromatic rings. The van der Waals surface area contributed by atoms with Crippen molar-refractivity contribution in [3.8, 4) is 0 Å². The van der Waals surface area contributed by atoms with Crippen LogP contribution >= 0.6 is 11.8 Å². The van der Waals surface area contributed by atoms with Crippen molar-refractivity contribution in [1.82, 2.24) is 10.2 Å². The first-order chi connectivity index (χ1) is 17.6. The van der Waals surface area contributed by atoms with Gasteiger partial charge in [-0.2, -0.15) is 0 Å². The largest absolute Gasteiger partial charge is 0.394 e. The average Bonchev–Trinajstić information content (AvgIpc) is 3.35. The number of anilines is 1. The molecule has 1 aliphatic heterocycles. The maximum absolute atomic E-state index is 13.9. The molecule has 2 aromatic carbocycles. The SMILES string of the molecule is CC(C)[C@H](CO)Nc1ccc(CNC(=O)[C@@H]2SCCN2C(=O)C[C@H](N)Cc2cc(F)c(F)cc2F)cc1. The van der Waals surface area contributed by atoms with Gasteiger partial charge in [-0.05, 0) is 41.7 Å². The lowest BCUT2D eigenvalue weighted by Crippen LogP contribution is -2.46. The lowest BCUT2D eigenvalue weighted by atomic mass is 10.0. The maximum atomic E-state index is 13.9. The van der Waals surface area contributed by atoms with Crippen molar-refractivity contribution in [2.45, 2.75) is 50.7 Å².